The van der Waals surface area contributed by atoms with Crippen LogP contribution in [0.1, 0.15) is 19.8 Å². The topological polar surface area (TPSA) is 85.4 Å². The Morgan fingerprint density at radius 3 is 2.83 bits per heavy atom. The Bertz CT molecular complexity index is 995. The number of hydrogen-bond donors (Lipinski definition) is 1. The van der Waals surface area contributed by atoms with Gasteiger partial charge < -0.3 is 19.1 Å². The summed E-state index contributed by atoms with van der Waals surface area (Å²) in [7, 11) is 1.67. The average molecular weight is 395 g/mol. The number of H-pyrrole nitrogens is 1. The number of aromatic nitrogens is 4. The number of morpholine rings is 1. The van der Waals surface area contributed by atoms with Crippen LogP contribution in [-0.4, -0.2) is 65.3 Å². The molecule has 2 aliphatic rings. The number of rotatable bonds is 6. The van der Waals surface area contributed by atoms with Gasteiger partial charge in [0.1, 0.15) is 29.7 Å². The molecule has 2 unspecified atom stereocenters. The zero-order valence-corrected chi connectivity index (χ0v) is 16.7. The first-order chi connectivity index (χ1) is 14.2. The first kappa shape index (κ1) is 18.3. The molecule has 2 bridgehead atoms. The van der Waals surface area contributed by atoms with Crippen LogP contribution in [0, 0.1) is 0 Å². The molecule has 0 amide bonds. The van der Waals surface area contributed by atoms with Gasteiger partial charge in [-0.3, -0.25) is 5.10 Å². The van der Waals surface area contributed by atoms with Crippen LogP contribution >= 0.6 is 0 Å². The first-order valence-corrected chi connectivity index (χ1v) is 10.1. The fraction of sp³-hybridized carbons (Fsp3) is 0.476. The van der Waals surface area contributed by atoms with Gasteiger partial charge in [-0.05, 0) is 38.0 Å². The molecule has 8 heteroatoms. The van der Waals surface area contributed by atoms with Crippen LogP contribution in [0.15, 0.2) is 30.6 Å². The van der Waals surface area contributed by atoms with Crippen molar-refractivity contribution in [2.75, 3.05) is 31.7 Å². The van der Waals surface area contributed by atoms with Crippen LogP contribution in [0.4, 0.5) is 5.82 Å². The molecule has 3 aromatic rings. The second-order valence-electron chi connectivity index (χ2n) is 7.79. The third-order valence-electron chi connectivity index (χ3n) is 5.54. The van der Waals surface area contributed by atoms with Crippen LogP contribution < -0.4 is 9.64 Å². The van der Waals surface area contributed by atoms with Crippen molar-refractivity contribution >= 4 is 16.7 Å². The van der Waals surface area contributed by atoms with Gasteiger partial charge in [-0.1, -0.05) is 0 Å². The van der Waals surface area contributed by atoms with E-state index in [-0.39, 0.29) is 6.10 Å². The molecule has 2 saturated heterocycles. The van der Waals surface area contributed by atoms with Gasteiger partial charge in [-0.2, -0.15) is 5.10 Å². The Hall–Kier alpha value is -2.71. The van der Waals surface area contributed by atoms with Crippen LogP contribution in [0.25, 0.3) is 22.3 Å². The number of methoxy groups -OCH3 is 1. The van der Waals surface area contributed by atoms with E-state index in [9.17, 15) is 0 Å². The van der Waals surface area contributed by atoms with Crippen molar-refractivity contribution in [1.82, 2.24) is 20.2 Å². The van der Waals surface area contributed by atoms with Crippen LogP contribution in [0.2, 0.25) is 0 Å². The molecule has 152 valence electrons. The van der Waals surface area contributed by atoms with Crippen molar-refractivity contribution in [1.29, 1.82) is 0 Å². The highest BCUT2D eigenvalue weighted by Crippen LogP contribution is 2.32. The molecule has 1 aromatic carbocycles. The van der Waals surface area contributed by atoms with Crippen LogP contribution in [0.3, 0.4) is 0 Å². The number of aromatic amines is 1. The van der Waals surface area contributed by atoms with Gasteiger partial charge in [0.15, 0.2) is 0 Å². The summed E-state index contributed by atoms with van der Waals surface area (Å²) in [6, 6.07) is 7.92. The van der Waals surface area contributed by atoms with Crippen molar-refractivity contribution in [2.45, 2.75) is 38.1 Å². The Kier molecular flexibility index (Phi) is 4.81. The first-order valence-electron chi connectivity index (χ1n) is 10.1. The maximum Gasteiger partial charge on any atom is 0.132 e. The molecule has 0 aliphatic carbocycles. The van der Waals surface area contributed by atoms with E-state index in [4.69, 9.17) is 14.2 Å². The van der Waals surface area contributed by atoms with E-state index in [1.165, 1.54) is 0 Å². The third-order valence-corrected chi connectivity index (χ3v) is 5.54. The van der Waals surface area contributed by atoms with E-state index in [0.29, 0.717) is 18.8 Å². The summed E-state index contributed by atoms with van der Waals surface area (Å²) >= 11 is 0. The lowest BCUT2D eigenvalue weighted by molar-refractivity contribution is 0.0302. The maximum atomic E-state index is 5.95. The minimum Gasteiger partial charge on any atom is -0.488 e. The summed E-state index contributed by atoms with van der Waals surface area (Å²) in [6.45, 7) is 4.27. The molecule has 2 aliphatic heterocycles. The molecule has 2 aromatic heterocycles. The van der Waals surface area contributed by atoms with Crippen molar-refractivity contribution in [3.05, 3.63) is 30.6 Å². The van der Waals surface area contributed by atoms with E-state index in [1.54, 1.807) is 13.4 Å². The lowest BCUT2D eigenvalue weighted by atomic mass is 10.1. The second kappa shape index (κ2) is 7.61. The molecule has 2 fully saturated rings. The summed E-state index contributed by atoms with van der Waals surface area (Å²) < 4.78 is 17.1. The van der Waals surface area contributed by atoms with Gasteiger partial charge >= 0.3 is 0 Å². The van der Waals surface area contributed by atoms with Crippen LogP contribution in [-0.2, 0) is 9.47 Å². The number of fused-ring (bicyclic) bond motifs is 3. The molecule has 4 heterocycles. The number of hydrogen-bond acceptors (Lipinski definition) is 7. The summed E-state index contributed by atoms with van der Waals surface area (Å²) in [4.78, 5) is 11.3. The summed E-state index contributed by atoms with van der Waals surface area (Å²) in [6.07, 6.45) is 4.47. The minimum absolute atomic E-state index is 0.0323. The molecule has 8 nitrogen and oxygen atoms in total. The van der Waals surface area contributed by atoms with E-state index in [0.717, 1.165) is 59.8 Å². The molecular weight excluding hydrogens is 370 g/mol. The average Bonchev–Trinajstić information content (AvgIpc) is 3.30. The SMILES string of the molecule is COC[C@H](C)Oc1ccc2[nH]nc(-c3cc(N4CC5CCC(C4)O5)ncn3)c2c1. The monoisotopic (exact) mass is 395 g/mol. The number of benzene rings is 1. The fourth-order valence-electron chi connectivity index (χ4n) is 4.21. The maximum absolute atomic E-state index is 5.95. The number of ether oxygens (including phenoxy) is 3. The van der Waals surface area contributed by atoms with Crippen molar-refractivity contribution in [3.8, 4) is 17.1 Å². The normalized spacial score (nSPS) is 22.2. The highest BCUT2D eigenvalue weighted by molar-refractivity contribution is 5.93. The Morgan fingerprint density at radius 2 is 2.03 bits per heavy atom. The third kappa shape index (κ3) is 3.65. The molecule has 1 N–H and O–H groups in total. The Balaban J connectivity index is 1.44. The molecule has 3 atom stereocenters. The Labute approximate surface area is 169 Å². The van der Waals surface area contributed by atoms with E-state index >= 15 is 0 Å². The fourth-order valence-corrected chi connectivity index (χ4v) is 4.21. The highest BCUT2D eigenvalue weighted by atomic mass is 16.5. The second-order valence-corrected chi connectivity index (χ2v) is 7.79. The van der Waals surface area contributed by atoms with Gasteiger partial charge in [-0.15, -0.1) is 0 Å². The zero-order valence-electron chi connectivity index (χ0n) is 16.7. The van der Waals surface area contributed by atoms with E-state index in [1.807, 2.05) is 31.2 Å². The predicted molar refractivity (Wildman–Crippen MR) is 109 cm³/mol. The van der Waals surface area contributed by atoms with Gasteiger partial charge in [0, 0.05) is 31.7 Å². The number of anilines is 1. The summed E-state index contributed by atoms with van der Waals surface area (Å²) in [5.74, 6) is 1.70. The lowest BCUT2D eigenvalue weighted by Gasteiger charge is -2.32. The number of nitrogens with one attached hydrogen (secondary N) is 1. The van der Waals surface area contributed by atoms with Crippen LogP contribution in [0.5, 0.6) is 5.75 Å². The Morgan fingerprint density at radius 1 is 1.21 bits per heavy atom. The van der Waals surface area contributed by atoms with Crippen molar-refractivity contribution in [3.63, 3.8) is 0 Å². The van der Waals surface area contributed by atoms with Crippen molar-refractivity contribution in [2.24, 2.45) is 0 Å². The summed E-state index contributed by atoms with van der Waals surface area (Å²) in [5, 5.41) is 8.57. The molecule has 0 radical (unpaired) electrons. The van der Waals surface area contributed by atoms with Gasteiger partial charge in [0.05, 0.1) is 30.0 Å². The highest BCUT2D eigenvalue weighted by Gasteiger charge is 2.34. The molecule has 0 spiro atoms. The van der Waals surface area contributed by atoms with Gasteiger partial charge in [0.2, 0.25) is 0 Å². The standard InChI is InChI=1S/C21H25N5O3/c1-13(11-27-2)28-14-5-6-18-17(7-14)21(25-24-18)19-8-20(23-12-22-19)26-9-15-3-4-16(10-26)29-15/h5-8,12-13,15-16H,3-4,9-11H2,1-2H3,(H,24,25)/t13-,15?,16?/m0/s1. The van der Waals surface area contributed by atoms with Crippen molar-refractivity contribution < 1.29 is 14.2 Å². The van der Waals surface area contributed by atoms with E-state index < -0.39 is 0 Å². The quantitative estimate of drug-likeness (QED) is 0.687. The molecule has 0 saturated carbocycles. The minimum atomic E-state index is -0.0323. The largest absolute Gasteiger partial charge is 0.488 e. The smallest absolute Gasteiger partial charge is 0.132 e. The van der Waals surface area contributed by atoms with Gasteiger partial charge in [-0.25, -0.2) is 9.97 Å². The lowest BCUT2D eigenvalue weighted by Crippen LogP contribution is -2.43. The molecule has 5 rings (SSSR count). The zero-order chi connectivity index (χ0) is 19.8. The van der Waals surface area contributed by atoms with E-state index in [2.05, 4.69) is 25.1 Å². The molecule has 29 heavy (non-hydrogen) atoms. The van der Waals surface area contributed by atoms with Gasteiger partial charge in [0.25, 0.3) is 0 Å². The summed E-state index contributed by atoms with van der Waals surface area (Å²) in [5.41, 5.74) is 2.53. The molecular formula is C21H25N5O3. The number of nitrogens with zero attached hydrogens (tertiary/aromatic N) is 4. The predicted octanol–water partition coefficient (Wildman–Crippen LogP) is 2.80.